The predicted molar refractivity (Wildman–Crippen MR) is 221 cm³/mol. The first-order valence-corrected chi connectivity index (χ1v) is 20.6. The fourth-order valence-electron chi connectivity index (χ4n) is 9.24. The van der Waals surface area contributed by atoms with E-state index < -0.39 is 36.3 Å². The van der Waals surface area contributed by atoms with E-state index in [1.54, 1.807) is 18.7 Å². The van der Waals surface area contributed by atoms with Gasteiger partial charge in [-0.2, -0.15) is 4.39 Å². The molecule has 3 aliphatic rings. The molecule has 2 saturated heterocycles. The quantitative estimate of drug-likeness (QED) is 0.0996. The van der Waals surface area contributed by atoms with Crippen LogP contribution in [0.5, 0.6) is 5.75 Å². The number of carboxylic acid groups (broad SMARTS) is 1. The highest BCUT2D eigenvalue weighted by atomic mass is 19.1. The second kappa shape index (κ2) is 15.8. The van der Waals surface area contributed by atoms with E-state index >= 15 is 4.39 Å². The average molecular weight is 823 g/mol. The van der Waals surface area contributed by atoms with Crippen LogP contribution in [0.1, 0.15) is 96.5 Å². The minimum absolute atomic E-state index is 0.0508. The Morgan fingerprint density at radius 3 is 2.08 bits per heavy atom. The SMILES string of the molecule is COC(=O)N[C@H](C(=O)N1[C@@H](C)CC[C@H]1c1nc2c(ccc3cc4c(cc32)OCc2cc(-c3nc([C@@H]5CC[C@H](C)N5C(=O)[C@@H](NC(=O)O)C(C)C)[nH]c3F)ccc2-4)[nH]1)C(C)C. The second-order valence-corrected chi connectivity index (χ2v) is 17.0. The van der Waals surface area contributed by atoms with Crippen LogP contribution in [-0.4, -0.2) is 90.1 Å². The number of carbonyl (C=O) groups is 4. The number of benzene rings is 3. The number of ether oxygens (including phenoxy) is 2. The lowest BCUT2D eigenvalue weighted by Crippen LogP contribution is -2.52. The number of likely N-dealkylation sites (tertiary alicyclic amines) is 2. The maximum Gasteiger partial charge on any atom is 0.407 e. The lowest BCUT2D eigenvalue weighted by Gasteiger charge is -2.32. The third-order valence-corrected chi connectivity index (χ3v) is 12.4. The van der Waals surface area contributed by atoms with Crippen molar-refractivity contribution in [2.45, 2.75) is 110 Å². The fraction of sp³-hybridized carbons (Fsp3) is 0.455. The Balaban J connectivity index is 1.07. The van der Waals surface area contributed by atoms with Gasteiger partial charge < -0.3 is 45.0 Å². The van der Waals surface area contributed by atoms with Crippen molar-refractivity contribution in [2.75, 3.05) is 7.11 Å². The van der Waals surface area contributed by atoms with Gasteiger partial charge in [0, 0.05) is 28.6 Å². The van der Waals surface area contributed by atoms with Crippen molar-refractivity contribution in [1.82, 2.24) is 40.4 Å². The lowest BCUT2D eigenvalue weighted by molar-refractivity contribution is -0.138. The number of alkyl carbamates (subject to hydrolysis) is 1. The molecule has 3 aromatic carbocycles. The molecule has 0 aliphatic carbocycles. The maximum absolute atomic E-state index is 15.7. The van der Waals surface area contributed by atoms with E-state index in [2.05, 4.69) is 31.7 Å². The smallest absolute Gasteiger partial charge is 0.407 e. The molecule has 60 heavy (non-hydrogen) atoms. The van der Waals surface area contributed by atoms with E-state index in [-0.39, 0.29) is 54.1 Å². The molecule has 0 bridgehead atoms. The van der Waals surface area contributed by atoms with Crippen molar-refractivity contribution in [2.24, 2.45) is 11.8 Å². The molecule has 2 aromatic heterocycles. The molecule has 316 valence electrons. The number of nitrogens with zero attached hydrogens (tertiary/aromatic N) is 4. The van der Waals surface area contributed by atoms with Crippen LogP contribution in [-0.2, 0) is 20.9 Å². The van der Waals surface area contributed by atoms with Gasteiger partial charge in [-0.1, -0.05) is 45.9 Å². The highest BCUT2D eigenvalue weighted by Crippen LogP contribution is 2.44. The van der Waals surface area contributed by atoms with E-state index in [1.165, 1.54) is 7.11 Å². The molecule has 0 spiro atoms. The number of hydrogen-bond acceptors (Lipinski definition) is 8. The zero-order valence-electron chi connectivity index (χ0n) is 34.8. The molecule has 5 heterocycles. The minimum atomic E-state index is -1.28. The van der Waals surface area contributed by atoms with Crippen molar-refractivity contribution < 1.29 is 38.1 Å². The number of amides is 4. The highest BCUT2D eigenvalue weighted by molar-refractivity contribution is 6.07. The topological polar surface area (TPSA) is 195 Å². The Morgan fingerprint density at radius 1 is 0.833 bits per heavy atom. The summed E-state index contributed by atoms with van der Waals surface area (Å²) in [5, 5.41) is 16.3. The van der Waals surface area contributed by atoms with Gasteiger partial charge in [-0.15, -0.1) is 0 Å². The molecular formula is C44H51FN8O7. The van der Waals surface area contributed by atoms with Gasteiger partial charge in [0.25, 0.3) is 0 Å². The number of imidazole rings is 2. The van der Waals surface area contributed by atoms with Gasteiger partial charge >= 0.3 is 12.2 Å². The lowest BCUT2D eigenvalue weighted by atomic mass is 9.92. The average Bonchev–Trinajstić information content (AvgIpc) is 4.01. The first-order chi connectivity index (χ1) is 28.6. The van der Waals surface area contributed by atoms with Gasteiger partial charge in [-0.3, -0.25) is 9.59 Å². The molecule has 5 aromatic rings. The summed E-state index contributed by atoms with van der Waals surface area (Å²) in [6.45, 7) is 11.5. The molecule has 16 heteroatoms. The van der Waals surface area contributed by atoms with Crippen molar-refractivity contribution in [3.8, 4) is 28.1 Å². The predicted octanol–water partition coefficient (Wildman–Crippen LogP) is 7.58. The molecule has 5 N–H and O–H groups in total. The standard InChI is InChI=1S/C44H51FN8O7/c1-20(2)34(49-43(56)57)41(54)53-23(6)9-15-32(53)40-47-36(38(45)51-40)25-10-12-27-26(16-25)19-60-33-18-28-24(17-29(27)33)11-13-30-37(28)48-39(46-30)31-14-8-22(5)52(31)42(55)35(21(3)4)50-44(58)59-7/h10-13,16-18,20-23,31-32,34-35,49H,8-9,14-15,19H2,1-7H3,(H,46,48)(H,47,51)(H,50,58)(H,56,57)/t22-,23-,31-,32-,34-,35-/m0/s1. The molecule has 2 fully saturated rings. The Kier molecular flexibility index (Phi) is 10.7. The summed E-state index contributed by atoms with van der Waals surface area (Å²) in [6.07, 6.45) is 0.801. The molecule has 3 aliphatic heterocycles. The summed E-state index contributed by atoms with van der Waals surface area (Å²) in [4.78, 5) is 70.8. The van der Waals surface area contributed by atoms with Gasteiger partial charge in [-0.05, 0) is 92.1 Å². The van der Waals surface area contributed by atoms with E-state index in [1.807, 2.05) is 69.0 Å². The van der Waals surface area contributed by atoms with Crippen LogP contribution in [0.4, 0.5) is 14.0 Å². The summed E-state index contributed by atoms with van der Waals surface area (Å²) in [5.74, 6) is 0.0752. The first-order valence-electron chi connectivity index (χ1n) is 20.6. The Morgan fingerprint density at radius 2 is 1.47 bits per heavy atom. The van der Waals surface area contributed by atoms with Crippen LogP contribution in [0, 0.1) is 17.8 Å². The van der Waals surface area contributed by atoms with Crippen molar-refractivity contribution in [3.05, 3.63) is 65.6 Å². The zero-order valence-corrected chi connectivity index (χ0v) is 34.8. The monoisotopic (exact) mass is 822 g/mol. The Hall–Kier alpha value is -6.19. The number of carbonyl (C=O) groups excluding carboxylic acids is 3. The molecule has 0 saturated carbocycles. The molecule has 0 unspecified atom stereocenters. The number of H-pyrrole nitrogens is 2. The molecule has 15 nitrogen and oxygen atoms in total. The highest BCUT2D eigenvalue weighted by Gasteiger charge is 2.43. The summed E-state index contributed by atoms with van der Waals surface area (Å²) in [6, 6.07) is 11.0. The summed E-state index contributed by atoms with van der Waals surface area (Å²) < 4.78 is 26.9. The third-order valence-electron chi connectivity index (χ3n) is 12.4. The number of aromatic nitrogens is 4. The van der Waals surface area contributed by atoms with Gasteiger partial charge in [0.2, 0.25) is 17.8 Å². The number of rotatable bonds is 9. The normalized spacial score (nSPS) is 20.9. The molecule has 6 atom stereocenters. The van der Waals surface area contributed by atoms with Crippen LogP contribution in [0.15, 0.2) is 42.5 Å². The molecular weight excluding hydrogens is 772 g/mol. The molecule has 8 rings (SSSR count). The maximum atomic E-state index is 15.7. The number of hydrogen-bond donors (Lipinski definition) is 5. The zero-order chi connectivity index (χ0) is 42.7. The van der Waals surface area contributed by atoms with E-state index in [0.29, 0.717) is 35.8 Å². The molecule has 0 radical (unpaired) electrons. The number of fused-ring (bicyclic) bond motifs is 6. The van der Waals surface area contributed by atoms with Crippen molar-refractivity contribution in [3.63, 3.8) is 0 Å². The fourth-order valence-corrected chi connectivity index (χ4v) is 9.24. The number of aromatic amines is 2. The largest absolute Gasteiger partial charge is 0.488 e. The van der Waals surface area contributed by atoms with Crippen LogP contribution >= 0.6 is 0 Å². The summed E-state index contributed by atoms with van der Waals surface area (Å²) >= 11 is 0. The van der Waals surface area contributed by atoms with Gasteiger partial charge in [0.1, 0.15) is 41.8 Å². The number of nitrogens with one attached hydrogen (secondary N) is 4. The number of methoxy groups -OCH3 is 1. The van der Waals surface area contributed by atoms with E-state index in [9.17, 15) is 24.3 Å². The van der Waals surface area contributed by atoms with Gasteiger partial charge in [-0.25, -0.2) is 19.6 Å². The summed E-state index contributed by atoms with van der Waals surface area (Å²) in [5.41, 5.74) is 4.96. The Labute approximate surface area is 346 Å². The van der Waals surface area contributed by atoms with Crippen molar-refractivity contribution >= 4 is 45.8 Å². The minimum Gasteiger partial charge on any atom is -0.488 e. The third kappa shape index (κ3) is 7.15. The Bertz CT molecular complexity index is 2510. The second-order valence-electron chi connectivity index (χ2n) is 17.0. The van der Waals surface area contributed by atoms with Gasteiger partial charge in [0.05, 0.1) is 30.2 Å². The van der Waals surface area contributed by atoms with Crippen molar-refractivity contribution in [1.29, 1.82) is 0 Å². The van der Waals surface area contributed by atoms with Crippen LogP contribution in [0.25, 0.3) is 44.2 Å². The summed E-state index contributed by atoms with van der Waals surface area (Å²) in [7, 11) is 1.28. The molecule has 4 amide bonds. The number of halogens is 1. The van der Waals surface area contributed by atoms with Gasteiger partial charge in [0.15, 0.2) is 0 Å². The van der Waals surface area contributed by atoms with Crippen LogP contribution < -0.4 is 15.4 Å². The van der Waals surface area contributed by atoms with E-state index in [0.717, 1.165) is 51.3 Å². The first kappa shape index (κ1) is 40.6. The van der Waals surface area contributed by atoms with E-state index in [4.69, 9.17) is 14.5 Å². The van der Waals surface area contributed by atoms with Crippen LogP contribution in [0.3, 0.4) is 0 Å². The van der Waals surface area contributed by atoms with Crippen LogP contribution in [0.2, 0.25) is 0 Å².